The molecule has 1 aromatic carbocycles. The Bertz CT molecular complexity index is 553. The van der Waals surface area contributed by atoms with E-state index in [1.165, 1.54) is 13.2 Å². The lowest BCUT2D eigenvalue weighted by molar-refractivity contribution is -0.148. The van der Waals surface area contributed by atoms with Crippen LogP contribution in [0.1, 0.15) is 36.0 Å². The average molecular weight is 312 g/mol. The van der Waals surface area contributed by atoms with Crippen molar-refractivity contribution in [2.24, 2.45) is 5.41 Å². The van der Waals surface area contributed by atoms with Crippen LogP contribution in [0.5, 0.6) is 5.75 Å². The molecule has 1 aliphatic carbocycles. The zero-order chi connectivity index (χ0) is 15.5. The van der Waals surface area contributed by atoms with E-state index in [9.17, 15) is 14.7 Å². The van der Waals surface area contributed by atoms with Crippen LogP contribution in [0.3, 0.4) is 0 Å². The Hall–Kier alpha value is -1.75. The summed E-state index contributed by atoms with van der Waals surface area (Å²) in [7, 11) is 1.47. The fourth-order valence-corrected chi connectivity index (χ4v) is 2.89. The van der Waals surface area contributed by atoms with Crippen LogP contribution in [0, 0.1) is 5.41 Å². The molecular weight excluding hydrogens is 294 g/mol. The van der Waals surface area contributed by atoms with E-state index in [0.29, 0.717) is 29.2 Å². The molecule has 0 unspecified atom stereocenters. The first-order valence-electron chi connectivity index (χ1n) is 6.84. The monoisotopic (exact) mass is 311 g/mol. The summed E-state index contributed by atoms with van der Waals surface area (Å²) in [6.45, 7) is 0.122. The lowest BCUT2D eigenvalue weighted by Gasteiger charge is -2.24. The number of methoxy groups -OCH3 is 1. The fourth-order valence-electron chi connectivity index (χ4n) is 2.72. The predicted molar refractivity (Wildman–Crippen MR) is 78.9 cm³/mol. The number of rotatable bonds is 5. The molecule has 0 saturated heterocycles. The van der Waals surface area contributed by atoms with Crippen LogP contribution in [0.15, 0.2) is 18.2 Å². The van der Waals surface area contributed by atoms with Crippen molar-refractivity contribution >= 4 is 23.5 Å². The minimum Gasteiger partial charge on any atom is -0.496 e. The van der Waals surface area contributed by atoms with E-state index < -0.39 is 11.4 Å². The topological polar surface area (TPSA) is 75.6 Å². The molecule has 0 heterocycles. The predicted octanol–water partition coefficient (Wildman–Crippen LogP) is 2.72. The van der Waals surface area contributed by atoms with E-state index in [0.717, 1.165) is 12.8 Å². The highest BCUT2D eigenvalue weighted by atomic mass is 35.5. The van der Waals surface area contributed by atoms with Crippen LogP contribution in [-0.4, -0.2) is 30.6 Å². The number of hydrogen-bond donors (Lipinski definition) is 2. The third kappa shape index (κ3) is 3.29. The van der Waals surface area contributed by atoms with E-state index in [1.54, 1.807) is 12.1 Å². The number of benzene rings is 1. The summed E-state index contributed by atoms with van der Waals surface area (Å²) < 4.78 is 5.13. The normalized spacial score (nSPS) is 16.5. The lowest BCUT2D eigenvalue weighted by Crippen LogP contribution is -2.41. The first-order valence-corrected chi connectivity index (χ1v) is 7.21. The van der Waals surface area contributed by atoms with Gasteiger partial charge in [0.05, 0.1) is 18.1 Å². The molecule has 5 nitrogen and oxygen atoms in total. The Morgan fingerprint density at radius 3 is 2.62 bits per heavy atom. The summed E-state index contributed by atoms with van der Waals surface area (Å²) in [6.07, 6.45) is 2.94. The third-order valence-corrected chi connectivity index (χ3v) is 4.24. The smallest absolute Gasteiger partial charge is 0.311 e. The van der Waals surface area contributed by atoms with Crippen molar-refractivity contribution in [3.8, 4) is 5.75 Å². The van der Waals surface area contributed by atoms with Crippen molar-refractivity contribution in [2.45, 2.75) is 25.7 Å². The molecule has 0 spiro atoms. The van der Waals surface area contributed by atoms with Crippen molar-refractivity contribution in [1.82, 2.24) is 5.32 Å². The van der Waals surface area contributed by atoms with Gasteiger partial charge in [0.1, 0.15) is 5.75 Å². The van der Waals surface area contributed by atoms with Gasteiger partial charge in [0.2, 0.25) is 0 Å². The molecule has 0 bridgehead atoms. The molecule has 21 heavy (non-hydrogen) atoms. The molecule has 2 N–H and O–H groups in total. The van der Waals surface area contributed by atoms with Gasteiger partial charge in [0, 0.05) is 11.6 Å². The van der Waals surface area contributed by atoms with Gasteiger partial charge in [-0.1, -0.05) is 24.4 Å². The molecule has 2 rings (SSSR count). The van der Waals surface area contributed by atoms with Gasteiger partial charge in [-0.25, -0.2) is 0 Å². The number of nitrogens with one attached hydrogen (secondary N) is 1. The van der Waals surface area contributed by atoms with Crippen molar-refractivity contribution in [3.63, 3.8) is 0 Å². The molecule has 114 valence electrons. The number of carbonyl (C=O) groups is 2. The second-order valence-electron chi connectivity index (χ2n) is 5.32. The van der Waals surface area contributed by atoms with E-state index >= 15 is 0 Å². The highest BCUT2D eigenvalue weighted by Crippen LogP contribution is 2.37. The number of halogens is 1. The van der Waals surface area contributed by atoms with E-state index in [4.69, 9.17) is 16.3 Å². The quantitative estimate of drug-likeness (QED) is 0.876. The second kappa shape index (κ2) is 6.35. The van der Waals surface area contributed by atoms with Gasteiger partial charge in [-0.15, -0.1) is 0 Å². The summed E-state index contributed by atoms with van der Waals surface area (Å²) in [5, 5.41) is 12.5. The lowest BCUT2D eigenvalue weighted by atomic mass is 9.86. The van der Waals surface area contributed by atoms with Crippen LogP contribution in [0.4, 0.5) is 0 Å². The molecule has 1 fully saturated rings. The highest BCUT2D eigenvalue weighted by Gasteiger charge is 2.41. The Balaban J connectivity index is 2.11. The van der Waals surface area contributed by atoms with Gasteiger partial charge < -0.3 is 15.2 Å². The molecule has 0 aliphatic heterocycles. The van der Waals surface area contributed by atoms with Crippen LogP contribution < -0.4 is 10.1 Å². The zero-order valence-corrected chi connectivity index (χ0v) is 12.6. The van der Waals surface area contributed by atoms with Crippen LogP contribution in [0.2, 0.25) is 5.02 Å². The third-order valence-electron chi connectivity index (χ3n) is 4.01. The first kappa shape index (κ1) is 15.6. The second-order valence-corrected chi connectivity index (χ2v) is 5.76. The molecule has 0 radical (unpaired) electrons. The van der Waals surface area contributed by atoms with Crippen molar-refractivity contribution in [3.05, 3.63) is 28.8 Å². The number of aliphatic carboxylic acids is 1. The summed E-state index contributed by atoms with van der Waals surface area (Å²) in [5.41, 5.74) is -0.537. The van der Waals surface area contributed by atoms with Gasteiger partial charge >= 0.3 is 5.97 Å². The number of hydrogen-bond acceptors (Lipinski definition) is 3. The molecular formula is C15H18ClNO4. The molecule has 1 saturated carbocycles. The molecule has 1 aliphatic rings. The summed E-state index contributed by atoms with van der Waals surface area (Å²) in [4.78, 5) is 23.7. The maximum Gasteiger partial charge on any atom is 0.311 e. The zero-order valence-electron chi connectivity index (χ0n) is 11.8. The minimum absolute atomic E-state index is 0.122. The highest BCUT2D eigenvalue weighted by molar-refractivity contribution is 6.31. The van der Waals surface area contributed by atoms with Crippen LogP contribution >= 0.6 is 11.6 Å². The Labute approximate surface area is 128 Å². The molecule has 1 amide bonds. The fraction of sp³-hybridized carbons (Fsp3) is 0.467. The maximum atomic E-state index is 12.3. The summed E-state index contributed by atoms with van der Waals surface area (Å²) in [5.74, 6) is -0.812. The van der Waals surface area contributed by atoms with E-state index in [-0.39, 0.29) is 12.5 Å². The first-order chi connectivity index (χ1) is 9.98. The number of amides is 1. The summed E-state index contributed by atoms with van der Waals surface area (Å²) >= 11 is 5.89. The van der Waals surface area contributed by atoms with Crippen LogP contribution in [-0.2, 0) is 4.79 Å². The van der Waals surface area contributed by atoms with Gasteiger partial charge in [-0.05, 0) is 31.0 Å². The van der Waals surface area contributed by atoms with Crippen molar-refractivity contribution in [2.75, 3.05) is 13.7 Å². The van der Waals surface area contributed by atoms with Gasteiger partial charge in [0.25, 0.3) is 5.91 Å². The van der Waals surface area contributed by atoms with Crippen molar-refractivity contribution in [1.29, 1.82) is 0 Å². The maximum absolute atomic E-state index is 12.3. The Morgan fingerprint density at radius 1 is 1.38 bits per heavy atom. The minimum atomic E-state index is -0.849. The van der Waals surface area contributed by atoms with E-state index in [1.807, 2.05) is 0 Å². The SMILES string of the molecule is COc1ccc(Cl)cc1C(=O)NCC1(C(=O)O)CCCC1. The summed E-state index contributed by atoms with van der Waals surface area (Å²) in [6, 6.07) is 4.75. The Morgan fingerprint density at radius 2 is 2.05 bits per heavy atom. The van der Waals surface area contributed by atoms with Crippen LogP contribution in [0.25, 0.3) is 0 Å². The van der Waals surface area contributed by atoms with Gasteiger partial charge in [0.15, 0.2) is 0 Å². The van der Waals surface area contributed by atoms with Gasteiger partial charge in [-0.2, -0.15) is 0 Å². The molecule has 0 atom stereocenters. The number of ether oxygens (including phenoxy) is 1. The van der Waals surface area contributed by atoms with Crippen molar-refractivity contribution < 1.29 is 19.4 Å². The van der Waals surface area contributed by atoms with Gasteiger partial charge in [-0.3, -0.25) is 9.59 Å². The molecule has 6 heteroatoms. The number of carboxylic acid groups (broad SMARTS) is 1. The Kier molecular flexibility index (Phi) is 4.73. The number of carboxylic acids is 1. The molecule has 1 aromatic rings. The average Bonchev–Trinajstić information content (AvgIpc) is 2.95. The number of carbonyl (C=O) groups excluding carboxylic acids is 1. The largest absolute Gasteiger partial charge is 0.496 e. The standard InChI is InChI=1S/C15H18ClNO4/c1-21-12-5-4-10(16)8-11(12)13(18)17-9-15(14(19)20)6-2-3-7-15/h4-5,8H,2-3,6-7,9H2,1H3,(H,17,18)(H,19,20). The van der Waals surface area contributed by atoms with E-state index in [2.05, 4.69) is 5.32 Å². The molecule has 0 aromatic heterocycles.